The van der Waals surface area contributed by atoms with Crippen LogP contribution in [0.1, 0.15) is 10.4 Å². The lowest BCUT2D eigenvalue weighted by Gasteiger charge is -2.28. The normalized spacial score (nSPS) is 13.8. The maximum atomic E-state index is 12.6. The number of hydrogen-bond acceptors (Lipinski definition) is 7. The molecule has 0 unspecified atom stereocenters. The van der Waals surface area contributed by atoms with Crippen LogP contribution in [0.4, 0.5) is 23.1 Å². The van der Waals surface area contributed by atoms with Gasteiger partial charge in [0.2, 0.25) is 5.95 Å². The number of anilines is 4. The summed E-state index contributed by atoms with van der Waals surface area (Å²) in [5.41, 5.74) is 2.35. The molecule has 2 N–H and O–H groups in total. The van der Waals surface area contributed by atoms with E-state index in [9.17, 15) is 4.79 Å². The zero-order chi connectivity index (χ0) is 19.2. The summed E-state index contributed by atoms with van der Waals surface area (Å²) in [7, 11) is 0. The number of aromatic nitrogens is 3. The van der Waals surface area contributed by atoms with E-state index in [1.54, 1.807) is 36.8 Å². The van der Waals surface area contributed by atoms with E-state index in [1.165, 1.54) is 0 Å². The highest BCUT2D eigenvalue weighted by Gasteiger charge is 2.12. The molecule has 0 bridgehead atoms. The largest absolute Gasteiger partial charge is 0.378 e. The maximum Gasteiger partial charge on any atom is 0.255 e. The molecular weight excluding hydrogens is 356 g/mol. The van der Waals surface area contributed by atoms with Gasteiger partial charge in [0.1, 0.15) is 5.82 Å². The summed E-state index contributed by atoms with van der Waals surface area (Å²) in [6.07, 6.45) is 4.83. The van der Waals surface area contributed by atoms with E-state index in [-0.39, 0.29) is 5.91 Å². The Morgan fingerprint density at radius 2 is 1.71 bits per heavy atom. The Labute approximate surface area is 162 Å². The van der Waals surface area contributed by atoms with Gasteiger partial charge in [-0.2, -0.15) is 0 Å². The van der Waals surface area contributed by atoms with Crippen LogP contribution in [0.25, 0.3) is 0 Å². The molecule has 1 amide bonds. The average Bonchev–Trinajstić information content (AvgIpc) is 2.76. The van der Waals surface area contributed by atoms with Gasteiger partial charge < -0.3 is 20.3 Å². The summed E-state index contributed by atoms with van der Waals surface area (Å²) in [4.78, 5) is 27.2. The van der Waals surface area contributed by atoms with Gasteiger partial charge in [-0.1, -0.05) is 0 Å². The van der Waals surface area contributed by atoms with Crippen LogP contribution in [0.2, 0.25) is 0 Å². The first-order chi connectivity index (χ1) is 13.8. The van der Waals surface area contributed by atoms with Crippen molar-refractivity contribution in [2.24, 2.45) is 0 Å². The number of rotatable bonds is 5. The van der Waals surface area contributed by atoms with E-state index in [4.69, 9.17) is 4.74 Å². The maximum absolute atomic E-state index is 12.6. The van der Waals surface area contributed by atoms with Gasteiger partial charge in [-0.25, -0.2) is 15.0 Å². The lowest BCUT2D eigenvalue weighted by atomic mass is 10.2. The number of amides is 1. The third-order valence-corrected chi connectivity index (χ3v) is 4.33. The number of carbonyl (C=O) groups excluding carboxylic acids is 1. The zero-order valence-corrected chi connectivity index (χ0v) is 15.2. The number of nitrogens with one attached hydrogen (secondary N) is 2. The molecule has 142 valence electrons. The van der Waals surface area contributed by atoms with E-state index in [0.29, 0.717) is 17.3 Å². The SMILES string of the molecule is O=C(Nc1ccc(N2CCOCC2)cc1)c1ccnc(Nc2ncccn2)c1. The number of hydrogen-bond donors (Lipinski definition) is 2. The minimum Gasteiger partial charge on any atom is -0.378 e. The fourth-order valence-corrected chi connectivity index (χ4v) is 2.90. The molecule has 1 fully saturated rings. The molecule has 1 aliphatic rings. The van der Waals surface area contributed by atoms with Crippen LogP contribution in [0.3, 0.4) is 0 Å². The Hall–Kier alpha value is -3.52. The van der Waals surface area contributed by atoms with Crippen LogP contribution in [-0.2, 0) is 4.74 Å². The van der Waals surface area contributed by atoms with Crippen molar-refractivity contribution >= 4 is 29.0 Å². The van der Waals surface area contributed by atoms with Crippen LogP contribution in [-0.4, -0.2) is 47.2 Å². The number of ether oxygens (including phenoxy) is 1. The summed E-state index contributed by atoms with van der Waals surface area (Å²) in [6, 6.07) is 12.9. The van der Waals surface area contributed by atoms with Crippen LogP contribution < -0.4 is 15.5 Å². The van der Waals surface area contributed by atoms with Gasteiger partial charge in [-0.3, -0.25) is 4.79 Å². The summed E-state index contributed by atoms with van der Waals surface area (Å²) in [5.74, 6) is 0.714. The molecule has 1 aromatic carbocycles. The van der Waals surface area contributed by atoms with Crippen LogP contribution in [0.15, 0.2) is 61.1 Å². The summed E-state index contributed by atoms with van der Waals surface area (Å²) in [6.45, 7) is 3.24. The molecular formula is C20H20N6O2. The second-order valence-corrected chi connectivity index (χ2v) is 6.23. The molecule has 28 heavy (non-hydrogen) atoms. The molecule has 3 heterocycles. The molecule has 1 saturated heterocycles. The zero-order valence-electron chi connectivity index (χ0n) is 15.2. The second kappa shape index (κ2) is 8.45. The number of nitrogens with zero attached hydrogens (tertiary/aromatic N) is 4. The van der Waals surface area contributed by atoms with Gasteiger partial charge in [-0.05, 0) is 42.5 Å². The van der Waals surface area contributed by atoms with E-state index in [0.717, 1.165) is 37.7 Å². The molecule has 8 heteroatoms. The molecule has 4 rings (SSSR count). The molecule has 1 aliphatic heterocycles. The molecule has 3 aromatic rings. The minimum atomic E-state index is -0.210. The lowest BCUT2D eigenvalue weighted by Crippen LogP contribution is -2.36. The third kappa shape index (κ3) is 4.41. The van der Waals surface area contributed by atoms with Crippen molar-refractivity contribution < 1.29 is 9.53 Å². The van der Waals surface area contributed by atoms with E-state index < -0.39 is 0 Å². The Morgan fingerprint density at radius 1 is 0.964 bits per heavy atom. The quantitative estimate of drug-likeness (QED) is 0.707. The summed E-state index contributed by atoms with van der Waals surface area (Å²) in [5, 5.41) is 5.89. The van der Waals surface area contributed by atoms with Gasteiger partial charge in [0, 0.05) is 48.6 Å². The predicted octanol–water partition coefficient (Wildman–Crippen LogP) is 2.70. The highest BCUT2D eigenvalue weighted by molar-refractivity contribution is 6.04. The minimum absolute atomic E-state index is 0.210. The molecule has 8 nitrogen and oxygen atoms in total. The Balaban J connectivity index is 1.41. The Kier molecular flexibility index (Phi) is 5.39. The van der Waals surface area contributed by atoms with Crippen molar-refractivity contribution in [3.63, 3.8) is 0 Å². The van der Waals surface area contributed by atoms with Crippen molar-refractivity contribution in [3.8, 4) is 0 Å². The van der Waals surface area contributed by atoms with Gasteiger partial charge in [0.15, 0.2) is 0 Å². The van der Waals surface area contributed by atoms with Gasteiger partial charge in [-0.15, -0.1) is 0 Å². The fraction of sp³-hybridized carbons (Fsp3) is 0.200. The number of pyridine rings is 1. The first-order valence-corrected chi connectivity index (χ1v) is 9.02. The Bertz CT molecular complexity index is 927. The first kappa shape index (κ1) is 17.9. The third-order valence-electron chi connectivity index (χ3n) is 4.33. The highest BCUT2D eigenvalue weighted by atomic mass is 16.5. The number of morpholine rings is 1. The number of carbonyl (C=O) groups is 1. The van der Waals surface area contributed by atoms with E-state index in [1.807, 2.05) is 24.3 Å². The van der Waals surface area contributed by atoms with Gasteiger partial charge in [0.25, 0.3) is 5.91 Å². The molecule has 0 aliphatic carbocycles. The van der Waals surface area contributed by atoms with Crippen molar-refractivity contribution in [3.05, 3.63) is 66.6 Å². The van der Waals surface area contributed by atoms with Crippen molar-refractivity contribution in [2.45, 2.75) is 0 Å². The first-order valence-electron chi connectivity index (χ1n) is 9.02. The molecule has 0 radical (unpaired) electrons. The van der Waals surface area contributed by atoms with Crippen LogP contribution >= 0.6 is 0 Å². The Morgan fingerprint density at radius 3 is 2.46 bits per heavy atom. The van der Waals surface area contributed by atoms with Crippen LogP contribution in [0, 0.1) is 0 Å². The van der Waals surface area contributed by atoms with E-state index in [2.05, 4.69) is 30.5 Å². The van der Waals surface area contributed by atoms with Gasteiger partial charge in [0.05, 0.1) is 13.2 Å². The van der Waals surface area contributed by atoms with Crippen molar-refractivity contribution in [1.82, 2.24) is 15.0 Å². The average molecular weight is 376 g/mol. The molecule has 0 saturated carbocycles. The standard InChI is InChI=1S/C20H20N6O2/c27-19(15-6-9-21-18(14-15)25-20-22-7-1-8-23-20)24-16-2-4-17(5-3-16)26-10-12-28-13-11-26/h1-9,14H,10-13H2,(H,24,27)(H,21,22,23,25). The van der Waals surface area contributed by atoms with Crippen molar-refractivity contribution in [1.29, 1.82) is 0 Å². The second-order valence-electron chi connectivity index (χ2n) is 6.23. The smallest absolute Gasteiger partial charge is 0.255 e. The fourth-order valence-electron chi connectivity index (χ4n) is 2.90. The lowest BCUT2D eigenvalue weighted by molar-refractivity contribution is 0.102. The summed E-state index contributed by atoms with van der Waals surface area (Å²) >= 11 is 0. The van der Waals surface area contributed by atoms with E-state index >= 15 is 0 Å². The topological polar surface area (TPSA) is 92.3 Å². The molecule has 0 atom stereocenters. The summed E-state index contributed by atoms with van der Waals surface area (Å²) < 4.78 is 5.38. The van der Waals surface area contributed by atoms with Crippen molar-refractivity contribution in [2.75, 3.05) is 41.8 Å². The van der Waals surface area contributed by atoms with Crippen LogP contribution in [0.5, 0.6) is 0 Å². The monoisotopic (exact) mass is 376 g/mol. The predicted molar refractivity (Wildman–Crippen MR) is 107 cm³/mol. The number of benzene rings is 1. The van der Waals surface area contributed by atoms with Gasteiger partial charge >= 0.3 is 0 Å². The molecule has 0 spiro atoms. The highest BCUT2D eigenvalue weighted by Crippen LogP contribution is 2.20. The molecule has 2 aromatic heterocycles.